The van der Waals surface area contributed by atoms with Crippen molar-refractivity contribution < 1.29 is 14.0 Å². The first-order valence-corrected chi connectivity index (χ1v) is 8.28. The van der Waals surface area contributed by atoms with E-state index in [1.54, 1.807) is 17.0 Å². The maximum Gasteiger partial charge on any atom is 0.293 e. The standard InChI is InChI=1S/C18H19ClN2O3/c1-11-15(19)7-5-13-4-3-9-21(17(11)13)18(23)16-8-6-14(24-16)10-20-12(2)22/h5-8H,3-4,9-10H2,1-2H3,(H,20,22). The van der Waals surface area contributed by atoms with Gasteiger partial charge in [-0.2, -0.15) is 0 Å². The van der Waals surface area contributed by atoms with Crippen LogP contribution in [0.1, 0.15) is 40.8 Å². The van der Waals surface area contributed by atoms with Crippen molar-refractivity contribution in [3.63, 3.8) is 0 Å². The van der Waals surface area contributed by atoms with Crippen LogP contribution < -0.4 is 10.2 Å². The summed E-state index contributed by atoms with van der Waals surface area (Å²) in [6, 6.07) is 7.21. The van der Waals surface area contributed by atoms with Crippen molar-refractivity contribution in [1.82, 2.24) is 5.32 Å². The number of aryl methyl sites for hydroxylation is 1. The van der Waals surface area contributed by atoms with Crippen LogP contribution in [-0.4, -0.2) is 18.4 Å². The van der Waals surface area contributed by atoms with Gasteiger partial charge >= 0.3 is 0 Å². The minimum atomic E-state index is -0.185. The number of rotatable bonds is 3. The van der Waals surface area contributed by atoms with Gasteiger partial charge in [-0.3, -0.25) is 9.59 Å². The Morgan fingerprint density at radius 3 is 2.83 bits per heavy atom. The van der Waals surface area contributed by atoms with E-state index < -0.39 is 0 Å². The molecule has 0 bridgehead atoms. The monoisotopic (exact) mass is 346 g/mol. The molecule has 2 heterocycles. The molecule has 1 aliphatic heterocycles. The molecule has 2 aromatic rings. The number of hydrogen-bond donors (Lipinski definition) is 1. The number of nitrogens with zero attached hydrogens (tertiary/aromatic N) is 1. The van der Waals surface area contributed by atoms with Gasteiger partial charge in [-0.15, -0.1) is 0 Å². The second-order valence-electron chi connectivity index (χ2n) is 5.92. The number of hydrogen-bond acceptors (Lipinski definition) is 3. The summed E-state index contributed by atoms with van der Waals surface area (Å²) in [5, 5.41) is 3.30. The molecule has 1 aromatic carbocycles. The van der Waals surface area contributed by atoms with E-state index in [-0.39, 0.29) is 24.1 Å². The minimum absolute atomic E-state index is 0.144. The molecule has 3 rings (SSSR count). The molecule has 1 aromatic heterocycles. The lowest BCUT2D eigenvalue weighted by Crippen LogP contribution is -2.36. The maximum absolute atomic E-state index is 12.9. The first-order valence-electron chi connectivity index (χ1n) is 7.90. The average molecular weight is 347 g/mol. The molecular formula is C18H19ClN2O3. The Morgan fingerprint density at radius 2 is 2.08 bits per heavy atom. The molecule has 24 heavy (non-hydrogen) atoms. The Kier molecular flexibility index (Phi) is 4.62. The third kappa shape index (κ3) is 3.17. The van der Waals surface area contributed by atoms with E-state index in [9.17, 15) is 9.59 Å². The van der Waals surface area contributed by atoms with Gasteiger partial charge in [0.15, 0.2) is 5.76 Å². The van der Waals surface area contributed by atoms with Crippen LogP contribution in [0.5, 0.6) is 0 Å². The number of carbonyl (C=O) groups is 2. The third-order valence-electron chi connectivity index (χ3n) is 4.18. The fourth-order valence-electron chi connectivity index (χ4n) is 2.98. The lowest BCUT2D eigenvalue weighted by molar-refractivity contribution is -0.119. The molecule has 1 aliphatic rings. The van der Waals surface area contributed by atoms with Crippen LogP contribution in [0.15, 0.2) is 28.7 Å². The number of carbonyl (C=O) groups excluding carboxylic acids is 2. The number of amides is 2. The average Bonchev–Trinajstić information content (AvgIpc) is 3.04. The quantitative estimate of drug-likeness (QED) is 0.925. The smallest absolute Gasteiger partial charge is 0.293 e. The van der Waals surface area contributed by atoms with Gasteiger partial charge in [-0.05, 0) is 49.1 Å². The Labute approximate surface area is 145 Å². The van der Waals surface area contributed by atoms with E-state index in [1.807, 2.05) is 19.1 Å². The molecule has 0 atom stereocenters. The zero-order chi connectivity index (χ0) is 17.3. The fraction of sp³-hybridized carbons (Fsp3) is 0.333. The maximum atomic E-state index is 12.9. The predicted molar refractivity (Wildman–Crippen MR) is 92.4 cm³/mol. The van der Waals surface area contributed by atoms with Crippen LogP contribution >= 0.6 is 11.6 Å². The van der Waals surface area contributed by atoms with Crippen molar-refractivity contribution in [2.75, 3.05) is 11.4 Å². The molecule has 2 amide bonds. The van der Waals surface area contributed by atoms with Crippen LogP contribution in [0.3, 0.4) is 0 Å². The summed E-state index contributed by atoms with van der Waals surface area (Å²) in [6.45, 7) is 4.27. The minimum Gasteiger partial charge on any atom is -0.454 e. The van der Waals surface area contributed by atoms with E-state index in [1.165, 1.54) is 6.92 Å². The highest BCUT2D eigenvalue weighted by atomic mass is 35.5. The number of nitrogens with one attached hydrogen (secondary N) is 1. The summed E-state index contributed by atoms with van der Waals surface area (Å²) < 4.78 is 5.60. The molecule has 126 valence electrons. The second-order valence-corrected chi connectivity index (χ2v) is 6.32. The molecule has 0 aliphatic carbocycles. The molecule has 0 saturated heterocycles. The van der Waals surface area contributed by atoms with Gasteiger partial charge in [-0.1, -0.05) is 17.7 Å². The normalized spacial score (nSPS) is 13.5. The van der Waals surface area contributed by atoms with Gasteiger partial charge in [0.1, 0.15) is 5.76 Å². The van der Waals surface area contributed by atoms with E-state index >= 15 is 0 Å². The van der Waals surface area contributed by atoms with Gasteiger partial charge < -0.3 is 14.6 Å². The van der Waals surface area contributed by atoms with Crippen molar-refractivity contribution in [2.45, 2.75) is 33.2 Å². The Balaban J connectivity index is 1.87. The molecular weight excluding hydrogens is 328 g/mol. The van der Waals surface area contributed by atoms with E-state index in [0.29, 0.717) is 17.3 Å². The first kappa shape index (κ1) is 16.6. The number of furan rings is 1. The van der Waals surface area contributed by atoms with E-state index in [2.05, 4.69) is 5.32 Å². The van der Waals surface area contributed by atoms with Crippen molar-refractivity contribution in [3.05, 3.63) is 51.9 Å². The summed E-state index contributed by atoms with van der Waals surface area (Å²) in [5.74, 6) is 0.487. The highest BCUT2D eigenvalue weighted by molar-refractivity contribution is 6.32. The first-order chi connectivity index (χ1) is 11.5. The fourth-order valence-corrected chi connectivity index (χ4v) is 3.14. The Bertz CT molecular complexity index is 798. The molecule has 0 saturated carbocycles. The third-order valence-corrected chi connectivity index (χ3v) is 4.58. The van der Waals surface area contributed by atoms with Crippen LogP contribution in [0.4, 0.5) is 5.69 Å². The summed E-state index contributed by atoms with van der Waals surface area (Å²) >= 11 is 6.24. The summed E-state index contributed by atoms with van der Waals surface area (Å²) in [5.41, 5.74) is 2.92. The molecule has 0 fully saturated rings. The van der Waals surface area contributed by atoms with E-state index in [0.717, 1.165) is 29.7 Å². The van der Waals surface area contributed by atoms with Gasteiger partial charge in [0.2, 0.25) is 5.91 Å². The molecule has 0 unspecified atom stereocenters. The summed E-state index contributed by atoms with van der Waals surface area (Å²) in [6.07, 6.45) is 1.84. The van der Waals surface area contributed by atoms with Crippen LogP contribution in [0, 0.1) is 6.92 Å². The van der Waals surface area contributed by atoms with Gasteiger partial charge in [0.05, 0.1) is 12.2 Å². The summed E-state index contributed by atoms with van der Waals surface area (Å²) in [7, 11) is 0. The summed E-state index contributed by atoms with van der Waals surface area (Å²) in [4.78, 5) is 25.6. The van der Waals surface area contributed by atoms with Crippen LogP contribution in [-0.2, 0) is 17.8 Å². The van der Waals surface area contributed by atoms with Crippen molar-refractivity contribution in [2.24, 2.45) is 0 Å². The molecule has 1 N–H and O–H groups in total. The van der Waals surface area contributed by atoms with Crippen LogP contribution in [0.25, 0.3) is 0 Å². The Morgan fingerprint density at radius 1 is 1.29 bits per heavy atom. The SMILES string of the molecule is CC(=O)NCc1ccc(C(=O)N2CCCc3ccc(Cl)c(C)c32)o1. The van der Waals surface area contributed by atoms with Gasteiger partial charge in [0.25, 0.3) is 5.91 Å². The number of fused-ring (bicyclic) bond motifs is 1. The zero-order valence-corrected chi connectivity index (χ0v) is 14.4. The lowest BCUT2D eigenvalue weighted by Gasteiger charge is -2.30. The number of benzene rings is 1. The largest absolute Gasteiger partial charge is 0.454 e. The highest BCUT2D eigenvalue weighted by Crippen LogP contribution is 2.35. The van der Waals surface area contributed by atoms with E-state index in [4.69, 9.17) is 16.0 Å². The number of halogens is 1. The molecule has 0 spiro atoms. The predicted octanol–water partition coefficient (Wildman–Crippen LogP) is 3.47. The van der Waals surface area contributed by atoms with Crippen molar-refractivity contribution in [3.8, 4) is 0 Å². The lowest BCUT2D eigenvalue weighted by atomic mass is 9.98. The second kappa shape index (κ2) is 6.69. The van der Waals surface area contributed by atoms with Crippen LogP contribution in [0.2, 0.25) is 5.02 Å². The topological polar surface area (TPSA) is 62.6 Å². The highest BCUT2D eigenvalue weighted by Gasteiger charge is 2.27. The molecule has 0 radical (unpaired) electrons. The zero-order valence-electron chi connectivity index (χ0n) is 13.7. The van der Waals surface area contributed by atoms with Gasteiger partial charge in [-0.25, -0.2) is 0 Å². The van der Waals surface area contributed by atoms with Gasteiger partial charge in [0, 0.05) is 18.5 Å². The van der Waals surface area contributed by atoms with Crippen molar-refractivity contribution in [1.29, 1.82) is 0 Å². The Hall–Kier alpha value is -2.27. The van der Waals surface area contributed by atoms with Crippen molar-refractivity contribution >= 4 is 29.1 Å². The molecule has 6 heteroatoms. The molecule has 5 nitrogen and oxygen atoms in total. The number of anilines is 1.